The quantitative estimate of drug-likeness (QED) is 0.641. The van der Waals surface area contributed by atoms with Crippen LogP contribution in [0.25, 0.3) is 0 Å². The number of rotatable bonds is 4. The van der Waals surface area contributed by atoms with Crippen LogP contribution in [0, 0.1) is 17.0 Å². The first kappa shape index (κ1) is 13.2. The van der Waals surface area contributed by atoms with Gasteiger partial charge in [0.05, 0.1) is 11.3 Å². The SMILES string of the molecule is Cc1cccc(CC(=O)NC(C)C)c1[N+](=O)[O-]. The van der Waals surface area contributed by atoms with Gasteiger partial charge in [0.2, 0.25) is 5.91 Å². The molecular weight excluding hydrogens is 220 g/mol. The van der Waals surface area contributed by atoms with Gasteiger partial charge in [-0.2, -0.15) is 0 Å². The number of nitrogens with one attached hydrogen (secondary N) is 1. The van der Waals surface area contributed by atoms with Gasteiger partial charge in [-0.15, -0.1) is 0 Å². The van der Waals surface area contributed by atoms with Crippen LogP contribution in [0.15, 0.2) is 18.2 Å². The Balaban J connectivity index is 2.95. The van der Waals surface area contributed by atoms with E-state index >= 15 is 0 Å². The molecule has 0 aliphatic heterocycles. The number of aryl methyl sites for hydroxylation is 1. The first-order valence-electron chi connectivity index (χ1n) is 5.44. The van der Waals surface area contributed by atoms with Crippen molar-refractivity contribution in [3.63, 3.8) is 0 Å². The molecule has 0 unspecified atom stereocenters. The summed E-state index contributed by atoms with van der Waals surface area (Å²) in [4.78, 5) is 22.1. The fraction of sp³-hybridized carbons (Fsp3) is 0.417. The van der Waals surface area contributed by atoms with Gasteiger partial charge in [-0.05, 0) is 20.8 Å². The number of nitro groups is 1. The number of carbonyl (C=O) groups excluding carboxylic acids is 1. The number of benzene rings is 1. The van der Waals surface area contributed by atoms with Crippen molar-refractivity contribution in [1.82, 2.24) is 5.32 Å². The smallest absolute Gasteiger partial charge is 0.275 e. The van der Waals surface area contributed by atoms with E-state index in [0.29, 0.717) is 11.1 Å². The first-order chi connectivity index (χ1) is 7.91. The highest BCUT2D eigenvalue weighted by Crippen LogP contribution is 2.23. The topological polar surface area (TPSA) is 72.2 Å². The van der Waals surface area contributed by atoms with E-state index in [9.17, 15) is 14.9 Å². The summed E-state index contributed by atoms with van der Waals surface area (Å²) in [6, 6.07) is 5.04. The van der Waals surface area contributed by atoms with Crippen molar-refractivity contribution >= 4 is 11.6 Å². The van der Waals surface area contributed by atoms with E-state index in [4.69, 9.17) is 0 Å². The number of amides is 1. The molecule has 0 aromatic heterocycles. The number of nitrogens with zero attached hydrogens (tertiary/aromatic N) is 1. The molecular formula is C12H16N2O3. The third-order valence-corrected chi connectivity index (χ3v) is 2.30. The maximum atomic E-state index is 11.6. The summed E-state index contributed by atoms with van der Waals surface area (Å²) in [6.07, 6.45) is 0.0379. The molecule has 5 nitrogen and oxygen atoms in total. The zero-order chi connectivity index (χ0) is 13.0. The molecule has 0 radical (unpaired) electrons. The lowest BCUT2D eigenvalue weighted by molar-refractivity contribution is -0.386. The van der Waals surface area contributed by atoms with Crippen LogP contribution in [0.2, 0.25) is 0 Å². The highest BCUT2D eigenvalue weighted by Gasteiger charge is 2.18. The molecule has 1 amide bonds. The zero-order valence-corrected chi connectivity index (χ0v) is 10.2. The van der Waals surface area contributed by atoms with Crippen LogP contribution < -0.4 is 5.32 Å². The molecule has 1 rings (SSSR count). The molecule has 0 saturated heterocycles. The van der Waals surface area contributed by atoms with Crippen LogP contribution in [-0.4, -0.2) is 16.9 Å². The third-order valence-electron chi connectivity index (χ3n) is 2.30. The van der Waals surface area contributed by atoms with Gasteiger partial charge in [0.1, 0.15) is 0 Å². The molecule has 0 saturated carbocycles. The molecule has 1 aromatic carbocycles. The van der Waals surface area contributed by atoms with Crippen molar-refractivity contribution in [3.8, 4) is 0 Å². The Hall–Kier alpha value is -1.91. The minimum Gasteiger partial charge on any atom is -0.354 e. The van der Waals surface area contributed by atoms with E-state index in [0.717, 1.165) is 0 Å². The highest BCUT2D eigenvalue weighted by molar-refractivity contribution is 5.80. The highest BCUT2D eigenvalue weighted by atomic mass is 16.6. The van der Waals surface area contributed by atoms with Crippen molar-refractivity contribution in [2.45, 2.75) is 33.2 Å². The summed E-state index contributed by atoms with van der Waals surface area (Å²) in [7, 11) is 0. The third kappa shape index (κ3) is 3.55. The number of hydrogen-bond donors (Lipinski definition) is 1. The molecule has 1 aromatic rings. The van der Waals surface area contributed by atoms with Crippen molar-refractivity contribution in [1.29, 1.82) is 0 Å². The van der Waals surface area contributed by atoms with Crippen LogP contribution in [0.5, 0.6) is 0 Å². The van der Waals surface area contributed by atoms with E-state index in [1.165, 1.54) is 0 Å². The van der Waals surface area contributed by atoms with E-state index in [-0.39, 0.29) is 24.1 Å². The second-order valence-corrected chi connectivity index (χ2v) is 4.24. The maximum Gasteiger partial charge on any atom is 0.275 e. The Bertz CT molecular complexity index is 441. The maximum absolute atomic E-state index is 11.6. The molecule has 0 aliphatic rings. The summed E-state index contributed by atoms with van der Waals surface area (Å²) in [5.41, 5.74) is 1.06. The van der Waals surface area contributed by atoms with Gasteiger partial charge in [-0.1, -0.05) is 18.2 Å². The van der Waals surface area contributed by atoms with Gasteiger partial charge in [-0.25, -0.2) is 0 Å². The van der Waals surface area contributed by atoms with Crippen LogP contribution in [0.3, 0.4) is 0 Å². The second kappa shape index (κ2) is 5.43. The molecule has 0 aliphatic carbocycles. The van der Waals surface area contributed by atoms with E-state index in [2.05, 4.69) is 5.32 Å². The lowest BCUT2D eigenvalue weighted by Gasteiger charge is -2.09. The van der Waals surface area contributed by atoms with Crippen LogP contribution in [-0.2, 0) is 11.2 Å². The molecule has 0 bridgehead atoms. The Kier molecular flexibility index (Phi) is 4.20. The van der Waals surface area contributed by atoms with Gasteiger partial charge in [0.15, 0.2) is 0 Å². The molecule has 0 atom stereocenters. The zero-order valence-electron chi connectivity index (χ0n) is 10.2. The summed E-state index contributed by atoms with van der Waals surface area (Å²) in [5.74, 6) is -0.200. The van der Waals surface area contributed by atoms with Crippen molar-refractivity contribution in [3.05, 3.63) is 39.4 Å². The lowest BCUT2D eigenvalue weighted by Crippen LogP contribution is -2.31. The lowest BCUT2D eigenvalue weighted by atomic mass is 10.1. The summed E-state index contributed by atoms with van der Waals surface area (Å²) in [5, 5.41) is 13.6. The van der Waals surface area contributed by atoms with Gasteiger partial charge in [-0.3, -0.25) is 14.9 Å². The monoisotopic (exact) mass is 236 g/mol. The molecule has 0 heterocycles. The van der Waals surface area contributed by atoms with Crippen LogP contribution in [0.1, 0.15) is 25.0 Å². The second-order valence-electron chi connectivity index (χ2n) is 4.24. The van der Waals surface area contributed by atoms with Crippen molar-refractivity contribution in [2.24, 2.45) is 0 Å². The summed E-state index contributed by atoms with van der Waals surface area (Å²) < 4.78 is 0. The van der Waals surface area contributed by atoms with E-state index in [1.807, 2.05) is 13.8 Å². The molecule has 1 N–H and O–H groups in total. The predicted octanol–water partition coefficient (Wildman–Crippen LogP) is 1.97. The molecule has 92 valence electrons. The average Bonchev–Trinajstić information content (AvgIpc) is 2.15. The standard InChI is InChI=1S/C12H16N2O3/c1-8(2)13-11(15)7-10-6-4-5-9(3)12(10)14(16)17/h4-6,8H,7H2,1-3H3,(H,13,15). The van der Waals surface area contributed by atoms with E-state index < -0.39 is 4.92 Å². The van der Waals surface area contributed by atoms with Crippen molar-refractivity contribution < 1.29 is 9.72 Å². The Morgan fingerprint density at radius 1 is 1.47 bits per heavy atom. The summed E-state index contributed by atoms with van der Waals surface area (Å²) in [6.45, 7) is 5.37. The van der Waals surface area contributed by atoms with Gasteiger partial charge >= 0.3 is 0 Å². The molecule has 0 fully saturated rings. The Morgan fingerprint density at radius 3 is 2.65 bits per heavy atom. The number of nitro benzene ring substituents is 1. The van der Waals surface area contributed by atoms with Gasteiger partial charge in [0.25, 0.3) is 5.69 Å². The van der Waals surface area contributed by atoms with E-state index in [1.54, 1.807) is 25.1 Å². The Morgan fingerprint density at radius 2 is 2.12 bits per heavy atom. The largest absolute Gasteiger partial charge is 0.354 e. The minimum atomic E-state index is -0.437. The fourth-order valence-corrected chi connectivity index (χ4v) is 1.67. The van der Waals surface area contributed by atoms with Crippen molar-refractivity contribution in [2.75, 3.05) is 0 Å². The number of para-hydroxylation sites is 1. The van der Waals surface area contributed by atoms with Gasteiger partial charge in [0, 0.05) is 17.2 Å². The molecule has 5 heteroatoms. The predicted molar refractivity (Wildman–Crippen MR) is 64.8 cm³/mol. The minimum absolute atomic E-state index is 0.0337. The normalized spacial score (nSPS) is 10.4. The average molecular weight is 236 g/mol. The first-order valence-corrected chi connectivity index (χ1v) is 5.44. The van der Waals surface area contributed by atoms with Gasteiger partial charge < -0.3 is 5.32 Å². The number of hydrogen-bond acceptors (Lipinski definition) is 3. The van der Waals surface area contributed by atoms with Crippen LogP contribution in [0.4, 0.5) is 5.69 Å². The molecule has 17 heavy (non-hydrogen) atoms. The Labute approximate surface area is 100.0 Å². The van der Waals surface area contributed by atoms with Crippen LogP contribution >= 0.6 is 0 Å². The fourth-order valence-electron chi connectivity index (χ4n) is 1.67. The molecule has 0 spiro atoms. The summed E-state index contributed by atoms with van der Waals surface area (Å²) >= 11 is 0. The number of carbonyl (C=O) groups is 1.